The van der Waals surface area contributed by atoms with Crippen LogP contribution < -0.4 is 0 Å². The summed E-state index contributed by atoms with van der Waals surface area (Å²) < 4.78 is 227. The summed E-state index contributed by atoms with van der Waals surface area (Å²) in [5.74, 6) is 2.52. The first-order valence-corrected chi connectivity index (χ1v) is 33.2. The Balaban J connectivity index is 1.24. The predicted octanol–water partition coefficient (Wildman–Crippen LogP) is -1.49. The molecule has 0 N–H and O–H groups in total. The Morgan fingerprint density at radius 2 is 0.340 bits per heavy atom. The highest BCUT2D eigenvalue weighted by Crippen LogP contribution is 2.43. The average Bonchev–Trinajstić information content (AvgIpc) is 0.768. The zero-order valence-corrected chi connectivity index (χ0v) is 61.2. The lowest BCUT2D eigenvalue weighted by atomic mass is 9.94. The fourth-order valence-corrected chi connectivity index (χ4v) is 14.9. The third kappa shape index (κ3) is 18.5. The highest BCUT2D eigenvalue weighted by atomic mass is 16.8. The van der Waals surface area contributed by atoms with Crippen LogP contribution in [0.5, 0.6) is 0 Å². The molecule has 21 aliphatic rings. The summed E-state index contributed by atoms with van der Waals surface area (Å²) in [4.78, 5) is 0. The van der Waals surface area contributed by atoms with Crippen LogP contribution in [0.2, 0.25) is 0 Å². The lowest BCUT2D eigenvalue weighted by molar-refractivity contribution is -0.402. The summed E-state index contributed by atoms with van der Waals surface area (Å²) >= 11 is 0. The smallest absolute Gasteiger partial charge is 0.187 e. The zero-order valence-electron chi connectivity index (χ0n) is 61.2. The third-order valence-electron chi connectivity index (χ3n) is 19.4. The van der Waals surface area contributed by atoms with E-state index in [1.165, 1.54) is 142 Å². The molecule has 21 fully saturated rings. The van der Waals surface area contributed by atoms with Crippen LogP contribution in [0.25, 0.3) is 0 Å². The van der Waals surface area contributed by atoms with Crippen LogP contribution in [0.4, 0.5) is 0 Å². The van der Waals surface area contributed by atoms with Crippen LogP contribution >= 0.6 is 0 Å². The molecule has 35 atom stereocenters. The fourth-order valence-electron chi connectivity index (χ4n) is 14.9. The second-order valence-corrected chi connectivity index (χ2v) is 24.8. The molecule has 21 aliphatic heterocycles. The minimum absolute atomic E-state index is 0.0443. The molecule has 0 radical (unpaired) electrons. The molecule has 21 rings (SSSR count). The monoisotopic (exact) mass is 1450 g/mol. The molecule has 100 heavy (non-hydrogen) atoms. The molecule has 0 aromatic rings. The van der Waals surface area contributed by atoms with Crippen LogP contribution in [0, 0.1) is 12.3 Å². The topological polar surface area (TPSA) is 323 Å². The Morgan fingerprint density at radius 1 is 0.200 bits per heavy atom. The van der Waals surface area contributed by atoms with Gasteiger partial charge in [0.25, 0.3) is 0 Å². The van der Waals surface area contributed by atoms with Crippen molar-refractivity contribution in [1.82, 2.24) is 0 Å². The van der Waals surface area contributed by atoms with E-state index in [9.17, 15) is 0 Å². The third-order valence-corrected chi connectivity index (χ3v) is 19.4. The highest BCUT2D eigenvalue weighted by Gasteiger charge is 2.62. The van der Waals surface area contributed by atoms with Gasteiger partial charge < -0.3 is 166 Å². The van der Waals surface area contributed by atoms with Crippen LogP contribution in [-0.2, 0) is 166 Å². The van der Waals surface area contributed by atoms with Crippen molar-refractivity contribution in [3.8, 4) is 12.3 Å². The van der Waals surface area contributed by atoms with E-state index in [-0.39, 0.29) is 52.9 Å². The Kier molecular flexibility index (Phi) is 34.8. The van der Waals surface area contributed by atoms with Crippen molar-refractivity contribution in [3.63, 3.8) is 0 Å². The van der Waals surface area contributed by atoms with Crippen molar-refractivity contribution in [1.29, 1.82) is 0 Å². The Bertz CT molecular complexity index is 2300. The predicted molar refractivity (Wildman–Crippen MR) is 337 cm³/mol. The molecule has 35 heteroatoms. The molecule has 0 aliphatic carbocycles. The van der Waals surface area contributed by atoms with Crippen molar-refractivity contribution >= 4 is 0 Å². The molecular formula is C65H112O35. The summed E-state index contributed by atoms with van der Waals surface area (Å²) in [6.07, 6.45) is -31.0. The first kappa shape index (κ1) is 83.8. The van der Waals surface area contributed by atoms with E-state index >= 15 is 0 Å². The number of hydrogen-bond acceptors (Lipinski definition) is 35. The van der Waals surface area contributed by atoms with Gasteiger partial charge in [-0.3, -0.25) is 0 Å². The number of hydrogen-bond donors (Lipinski definition) is 0. The van der Waals surface area contributed by atoms with Gasteiger partial charge in [-0.15, -0.1) is 6.42 Å². The maximum absolute atomic E-state index is 7.06. The molecule has 582 valence electrons. The van der Waals surface area contributed by atoms with E-state index in [1.807, 2.05) is 0 Å². The van der Waals surface area contributed by atoms with E-state index in [0.29, 0.717) is 0 Å². The molecule has 0 aromatic carbocycles. The van der Waals surface area contributed by atoms with Gasteiger partial charge in [0.15, 0.2) is 44.0 Å². The van der Waals surface area contributed by atoms with Crippen molar-refractivity contribution in [2.75, 3.05) is 195 Å². The Morgan fingerprint density at radius 3 is 0.460 bits per heavy atom. The lowest BCUT2D eigenvalue weighted by Gasteiger charge is -2.52. The van der Waals surface area contributed by atoms with Gasteiger partial charge in [-0.05, 0) is 0 Å². The SMILES string of the molecule is C#CCOC[C@@H]1O[C@@H]2O[C@H]3[C@H](OC)[C@H](OC)[C@@H](O[C@H]4[C@H](OC)[C@H](OC)[C@@H](O[C@H]5[C@H](OC)[C@@H](OC)[C@@H](O[C@H]6[C@H](OC)[C@@H](OC)[C@@H](O[C@H]7[C@H](OC)[C@@H](OC)[C@@H](O[C@H]8[C@H](OC)[C@@H](OC)[C@@H](O[C@H]1[C@H](OC)[C@H]2OC)O[C@H]8COC)O[C@H]7COC)O[C@H]6COC)O[C@@H]5COC)O[C@@H]4COC)O[C@@H]3COC. The lowest BCUT2D eigenvalue weighted by Crippen LogP contribution is -2.69. The Labute approximate surface area is 586 Å². The molecule has 35 nitrogen and oxygen atoms in total. The fraction of sp³-hybridized carbons (Fsp3) is 0.969. The van der Waals surface area contributed by atoms with E-state index < -0.39 is 215 Å². The number of terminal acetylenes is 1. The van der Waals surface area contributed by atoms with Gasteiger partial charge in [0, 0.05) is 142 Å². The molecule has 0 spiro atoms. The zero-order chi connectivity index (χ0) is 72.3. The van der Waals surface area contributed by atoms with Gasteiger partial charge in [-0.25, -0.2) is 0 Å². The first-order valence-electron chi connectivity index (χ1n) is 33.2. The van der Waals surface area contributed by atoms with Crippen molar-refractivity contribution in [2.45, 2.75) is 215 Å². The standard InChI is InChI=1S/C65H112O35/c1-22-23-86-30-37-44-51(78-14)58(85-21)65(93-37)99-43-36(29-71-7)91-63(56(83-19)50(43)77-13)97-41-34(27-69-5)89-61(54(81-17)48(41)75-11)95-39-32(25-67-3)87-59(52(79-15)46(39)73-9)94-38-31(24-66-2)88-60(53(80-16)45(38)72-8)96-40-33(26-68-4)90-62(55(82-18)47(40)74-10)98-42-35(28-70-6)92-64(100-44)57(84-20)49(42)76-12/h1,31-65H,23-30H2,2-21H3/t31-,32+,33-,34+,35-,36+,37-,38+,39+,40+,41+,42+,43+,44+,45-,46-,47-,48-,49-,50-,51-,52+,53+,54-,55+,56-,57+,58+,59+,60+,61+,62+,63+,64+,65+/m0/s1. The van der Waals surface area contributed by atoms with Crippen molar-refractivity contribution in [2.24, 2.45) is 0 Å². The maximum Gasteiger partial charge on any atom is 0.187 e. The van der Waals surface area contributed by atoms with Crippen LogP contribution in [0.3, 0.4) is 0 Å². The second-order valence-electron chi connectivity index (χ2n) is 24.8. The summed E-state index contributed by atoms with van der Waals surface area (Å²) in [6.45, 7) is -0.543. The van der Waals surface area contributed by atoms with Crippen LogP contribution in [0.15, 0.2) is 0 Å². The maximum atomic E-state index is 7.06. The number of rotatable bonds is 29. The van der Waals surface area contributed by atoms with Crippen molar-refractivity contribution in [3.05, 3.63) is 0 Å². The highest BCUT2D eigenvalue weighted by molar-refractivity contribution is 5.04. The van der Waals surface area contributed by atoms with Crippen LogP contribution in [-0.4, -0.2) is 410 Å². The van der Waals surface area contributed by atoms with E-state index in [0.717, 1.165) is 0 Å². The number of methoxy groups -OCH3 is 20. The van der Waals surface area contributed by atoms with Gasteiger partial charge in [-0.2, -0.15) is 0 Å². The van der Waals surface area contributed by atoms with Gasteiger partial charge >= 0.3 is 0 Å². The normalized spacial score (nSPS) is 45.3. The van der Waals surface area contributed by atoms with Crippen LogP contribution in [0.1, 0.15) is 0 Å². The average molecular weight is 1450 g/mol. The quantitative estimate of drug-likeness (QED) is 0.0608. The summed E-state index contributed by atoms with van der Waals surface area (Å²) in [6, 6.07) is 0. The molecule has 0 aromatic heterocycles. The van der Waals surface area contributed by atoms with Gasteiger partial charge in [0.2, 0.25) is 0 Å². The largest absolute Gasteiger partial charge is 0.382 e. The van der Waals surface area contributed by atoms with Crippen molar-refractivity contribution < 1.29 is 166 Å². The van der Waals surface area contributed by atoms with Gasteiger partial charge in [0.05, 0.1) is 46.2 Å². The second kappa shape index (κ2) is 41.5. The minimum Gasteiger partial charge on any atom is -0.382 e. The summed E-state index contributed by atoms with van der Waals surface area (Å²) in [5, 5.41) is 0. The van der Waals surface area contributed by atoms with Gasteiger partial charge in [-0.1, -0.05) is 5.92 Å². The molecule has 14 bridgehead atoms. The molecule has 0 unspecified atom stereocenters. The van der Waals surface area contributed by atoms with E-state index in [2.05, 4.69) is 5.92 Å². The molecule has 21 heterocycles. The molecule has 0 amide bonds. The van der Waals surface area contributed by atoms with E-state index in [1.54, 1.807) is 0 Å². The summed E-state index contributed by atoms with van der Waals surface area (Å²) in [7, 11) is 30.0. The van der Waals surface area contributed by atoms with E-state index in [4.69, 9.17) is 172 Å². The summed E-state index contributed by atoms with van der Waals surface area (Å²) in [5.41, 5.74) is 0. The molecular weight excluding hydrogens is 1340 g/mol. The molecule has 21 saturated heterocycles. The number of ether oxygens (including phenoxy) is 35. The Hall–Kier alpha value is -1.84. The van der Waals surface area contributed by atoms with Gasteiger partial charge in [0.1, 0.15) is 178 Å². The molecule has 0 saturated carbocycles. The minimum atomic E-state index is -1.27. The first-order chi connectivity index (χ1) is 48.7.